The number of nitrogens with zero attached hydrogens (tertiary/aromatic N) is 2. The molecular formula is C16H17FN2O4S. The molecule has 6 nitrogen and oxygen atoms in total. The van der Waals surface area contributed by atoms with E-state index < -0.39 is 21.6 Å². The van der Waals surface area contributed by atoms with Gasteiger partial charge in [0.15, 0.2) is 0 Å². The van der Waals surface area contributed by atoms with Crippen LogP contribution in [0.2, 0.25) is 0 Å². The van der Waals surface area contributed by atoms with E-state index >= 15 is 0 Å². The average Bonchev–Trinajstić information content (AvgIpc) is 2.53. The van der Waals surface area contributed by atoms with E-state index in [2.05, 4.69) is 9.97 Å². The van der Waals surface area contributed by atoms with Crippen LogP contribution < -0.4 is 0 Å². The summed E-state index contributed by atoms with van der Waals surface area (Å²) in [4.78, 5) is 20.3. The first kappa shape index (κ1) is 18.0. The van der Waals surface area contributed by atoms with Gasteiger partial charge in [-0.1, -0.05) is 13.3 Å². The minimum atomic E-state index is -3.68. The number of halogens is 1. The van der Waals surface area contributed by atoms with Crippen molar-refractivity contribution in [2.24, 2.45) is 0 Å². The topological polar surface area (TPSA) is 86.2 Å². The summed E-state index contributed by atoms with van der Waals surface area (Å²) in [5.41, 5.74) is 0.902. The highest BCUT2D eigenvalue weighted by Crippen LogP contribution is 2.27. The maximum atomic E-state index is 13.2. The van der Waals surface area contributed by atoms with E-state index in [0.29, 0.717) is 24.1 Å². The Morgan fingerprint density at radius 1 is 1.21 bits per heavy atom. The van der Waals surface area contributed by atoms with Crippen LogP contribution in [0.5, 0.6) is 0 Å². The third kappa shape index (κ3) is 3.76. The molecular weight excluding hydrogens is 335 g/mol. The fraction of sp³-hybridized carbons (Fsp3) is 0.312. The molecule has 128 valence electrons. The van der Waals surface area contributed by atoms with Gasteiger partial charge in [-0.2, -0.15) is 0 Å². The third-order valence-corrected chi connectivity index (χ3v) is 4.13. The summed E-state index contributed by atoms with van der Waals surface area (Å²) < 4.78 is 41.7. The number of rotatable bonds is 5. The fourth-order valence-electron chi connectivity index (χ4n) is 2.20. The zero-order valence-electron chi connectivity index (χ0n) is 13.5. The Hall–Kier alpha value is -2.35. The number of carbonyl (C=O) groups excluding carboxylic acids is 1. The van der Waals surface area contributed by atoms with Crippen LogP contribution in [0.15, 0.2) is 29.4 Å². The molecule has 2 aromatic rings. The van der Waals surface area contributed by atoms with Crippen molar-refractivity contribution >= 4 is 15.8 Å². The average molecular weight is 352 g/mol. The number of esters is 1. The molecule has 0 saturated carbocycles. The van der Waals surface area contributed by atoms with Gasteiger partial charge < -0.3 is 4.74 Å². The molecule has 8 heteroatoms. The van der Waals surface area contributed by atoms with Gasteiger partial charge in [0.25, 0.3) is 0 Å². The summed E-state index contributed by atoms with van der Waals surface area (Å²) in [5, 5.41) is -0.377. The molecule has 0 bridgehead atoms. The zero-order valence-corrected chi connectivity index (χ0v) is 14.4. The van der Waals surface area contributed by atoms with Crippen LogP contribution in [0, 0.1) is 5.82 Å². The molecule has 24 heavy (non-hydrogen) atoms. The third-order valence-electron chi connectivity index (χ3n) is 3.29. The quantitative estimate of drug-likeness (QED) is 0.607. The summed E-state index contributed by atoms with van der Waals surface area (Å²) >= 11 is 0. The van der Waals surface area contributed by atoms with Crippen molar-refractivity contribution in [2.45, 2.75) is 24.9 Å². The van der Waals surface area contributed by atoms with E-state index in [4.69, 9.17) is 4.74 Å². The van der Waals surface area contributed by atoms with Crippen molar-refractivity contribution in [3.63, 3.8) is 0 Å². The summed E-state index contributed by atoms with van der Waals surface area (Å²) in [6.07, 6.45) is 2.01. The van der Waals surface area contributed by atoms with Crippen LogP contribution in [0.4, 0.5) is 4.39 Å². The molecule has 0 radical (unpaired) electrons. The summed E-state index contributed by atoms with van der Waals surface area (Å²) in [7, 11) is -2.46. The Labute approximate surface area is 139 Å². The molecule has 0 fully saturated rings. The molecule has 0 aliphatic heterocycles. The summed E-state index contributed by atoms with van der Waals surface area (Å²) in [6.45, 7) is 1.88. The standard InChI is InChI=1S/C16H17FN2O4S/c1-4-5-12-13(15(20)23-2)14(10-6-8-11(17)9-7-10)19-16(18-12)24(3,21)22/h6-9H,4-5H2,1-3H3. The number of carbonyl (C=O) groups is 1. The van der Waals surface area contributed by atoms with Gasteiger partial charge in [-0.05, 0) is 30.7 Å². The van der Waals surface area contributed by atoms with E-state index in [-0.39, 0.29) is 16.4 Å². The molecule has 0 unspecified atom stereocenters. The minimum Gasteiger partial charge on any atom is -0.465 e. The van der Waals surface area contributed by atoms with E-state index in [1.165, 1.54) is 31.4 Å². The predicted molar refractivity (Wildman–Crippen MR) is 85.9 cm³/mol. The Morgan fingerprint density at radius 2 is 1.83 bits per heavy atom. The summed E-state index contributed by atoms with van der Waals surface area (Å²) in [6, 6.07) is 5.26. The Balaban J connectivity index is 2.83. The number of ether oxygens (including phenoxy) is 1. The molecule has 0 spiro atoms. The van der Waals surface area contributed by atoms with Crippen LogP contribution in [-0.2, 0) is 21.0 Å². The lowest BCUT2D eigenvalue weighted by atomic mass is 10.0. The second kappa shape index (κ2) is 7.04. The van der Waals surface area contributed by atoms with E-state index in [1.54, 1.807) is 0 Å². The van der Waals surface area contributed by atoms with Crippen molar-refractivity contribution < 1.29 is 22.3 Å². The van der Waals surface area contributed by atoms with E-state index in [1.807, 2.05) is 6.92 Å². The maximum Gasteiger partial charge on any atom is 0.341 e. The van der Waals surface area contributed by atoms with Gasteiger partial charge in [-0.3, -0.25) is 0 Å². The normalized spacial score (nSPS) is 11.3. The molecule has 1 aromatic carbocycles. The van der Waals surface area contributed by atoms with E-state index in [0.717, 1.165) is 6.26 Å². The van der Waals surface area contributed by atoms with Gasteiger partial charge >= 0.3 is 5.97 Å². The van der Waals surface area contributed by atoms with Crippen molar-refractivity contribution in [1.82, 2.24) is 9.97 Å². The highest BCUT2D eigenvalue weighted by molar-refractivity contribution is 7.90. The first-order valence-corrected chi connectivity index (χ1v) is 9.12. The van der Waals surface area contributed by atoms with Gasteiger partial charge in [0.05, 0.1) is 18.5 Å². The molecule has 1 aromatic heterocycles. The lowest BCUT2D eigenvalue weighted by molar-refractivity contribution is 0.0599. The van der Waals surface area contributed by atoms with Crippen molar-refractivity contribution in [2.75, 3.05) is 13.4 Å². The number of aryl methyl sites for hydroxylation is 1. The lowest BCUT2D eigenvalue weighted by Gasteiger charge is -2.13. The van der Waals surface area contributed by atoms with Gasteiger partial charge in [0, 0.05) is 11.8 Å². The number of sulfone groups is 1. The Morgan fingerprint density at radius 3 is 2.33 bits per heavy atom. The van der Waals surface area contributed by atoms with Crippen LogP contribution in [-0.4, -0.2) is 37.7 Å². The first-order valence-electron chi connectivity index (χ1n) is 7.23. The highest BCUT2D eigenvalue weighted by atomic mass is 32.2. The molecule has 0 atom stereocenters. The molecule has 0 aliphatic carbocycles. The van der Waals surface area contributed by atoms with Crippen molar-refractivity contribution in [1.29, 1.82) is 0 Å². The number of hydrogen-bond acceptors (Lipinski definition) is 6. The van der Waals surface area contributed by atoms with Gasteiger partial charge in [-0.15, -0.1) is 0 Å². The van der Waals surface area contributed by atoms with Crippen molar-refractivity contribution in [3.8, 4) is 11.3 Å². The van der Waals surface area contributed by atoms with Crippen molar-refractivity contribution in [3.05, 3.63) is 41.3 Å². The first-order chi connectivity index (χ1) is 11.3. The molecule has 0 N–H and O–H groups in total. The molecule has 0 saturated heterocycles. The van der Waals surface area contributed by atoms with Gasteiger partial charge in [0.2, 0.25) is 15.0 Å². The lowest BCUT2D eigenvalue weighted by Crippen LogP contribution is -2.16. The van der Waals surface area contributed by atoms with Crippen LogP contribution in [0.1, 0.15) is 29.4 Å². The smallest absolute Gasteiger partial charge is 0.341 e. The van der Waals surface area contributed by atoms with Crippen LogP contribution >= 0.6 is 0 Å². The van der Waals surface area contributed by atoms with Gasteiger partial charge in [0.1, 0.15) is 11.4 Å². The Kier molecular flexibility index (Phi) is 5.28. The second-order valence-corrected chi connectivity index (χ2v) is 7.11. The fourth-order valence-corrected chi connectivity index (χ4v) is 2.73. The summed E-state index contributed by atoms with van der Waals surface area (Å²) in [5.74, 6) is -1.12. The highest BCUT2D eigenvalue weighted by Gasteiger charge is 2.25. The largest absolute Gasteiger partial charge is 0.465 e. The molecule has 1 heterocycles. The monoisotopic (exact) mass is 352 g/mol. The predicted octanol–water partition coefficient (Wildman–Crippen LogP) is 2.43. The SMILES string of the molecule is CCCc1nc(S(C)(=O)=O)nc(-c2ccc(F)cc2)c1C(=O)OC. The Bertz CT molecular complexity index is 864. The number of benzene rings is 1. The maximum absolute atomic E-state index is 13.2. The molecule has 0 aliphatic rings. The van der Waals surface area contributed by atoms with E-state index in [9.17, 15) is 17.6 Å². The molecule has 0 amide bonds. The van der Waals surface area contributed by atoms with Gasteiger partial charge in [-0.25, -0.2) is 27.6 Å². The molecule has 2 rings (SSSR count). The minimum absolute atomic E-state index is 0.0957. The van der Waals surface area contributed by atoms with Crippen LogP contribution in [0.3, 0.4) is 0 Å². The van der Waals surface area contributed by atoms with Crippen LogP contribution in [0.25, 0.3) is 11.3 Å². The number of methoxy groups -OCH3 is 1. The number of hydrogen-bond donors (Lipinski definition) is 0. The second-order valence-electron chi connectivity index (χ2n) is 5.20. The number of aromatic nitrogens is 2. The zero-order chi connectivity index (χ0) is 17.9.